The van der Waals surface area contributed by atoms with Crippen molar-refractivity contribution in [2.24, 2.45) is 46.3 Å². The normalized spacial score (nSPS) is 42.1. The zero-order valence-electron chi connectivity index (χ0n) is 20.2. The van der Waals surface area contributed by atoms with Gasteiger partial charge in [-0.15, -0.1) is 0 Å². The van der Waals surface area contributed by atoms with Crippen LogP contribution in [0.5, 0.6) is 0 Å². The monoisotopic (exact) mass is 478 g/mol. The molecule has 7 heteroatoms. The lowest BCUT2D eigenvalue weighted by Gasteiger charge is -2.61. The fourth-order valence-electron chi connectivity index (χ4n) is 9.07. The first-order chi connectivity index (χ1) is 15.3. The summed E-state index contributed by atoms with van der Waals surface area (Å²) in [6.07, 6.45) is 1.30. The van der Waals surface area contributed by atoms with E-state index >= 15 is 0 Å². The molecule has 0 saturated heterocycles. The summed E-state index contributed by atoms with van der Waals surface area (Å²) in [5, 5.41) is 0. The topological polar surface area (TPSA) is 26.3 Å². The number of hydrogen-bond acceptors (Lipinski definition) is 2. The summed E-state index contributed by atoms with van der Waals surface area (Å²) >= 11 is 0. The SMILES string of the molecule is C[C@H](CCC(=O)OC(F)(F)C(F)(F)F)[C@H]1CC[C@H]2[C@@H]3CCC4CCCC[C@]4(C)[C@H]3CC[C@]12C. The molecule has 8 atom stereocenters. The van der Waals surface area contributed by atoms with E-state index in [2.05, 4.69) is 18.6 Å². The van der Waals surface area contributed by atoms with E-state index in [1.165, 1.54) is 51.4 Å². The number of ether oxygens (including phenoxy) is 1. The Labute approximate surface area is 194 Å². The molecule has 0 N–H and O–H groups in total. The van der Waals surface area contributed by atoms with Crippen LogP contribution in [0.2, 0.25) is 0 Å². The van der Waals surface area contributed by atoms with Crippen molar-refractivity contribution in [1.82, 2.24) is 0 Å². The summed E-state index contributed by atoms with van der Waals surface area (Å²) in [5.41, 5.74) is 0.637. The molecule has 4 aliphatic rings. The molecular weight excluding hydrogens is 439 g/mol. The summed E-state index contributed by atoms with van der Waals surface area (Å²) in [6.45, 7) is 6.96. The smallest absolute Gasteiger partial charge is 0.394 e. The van der Waals surface area contributed by atoms with Crippen molar-refractivity contribution in [3.05, 3.63) is 0 Å². The Morgan fingerprint density at radius 1 is 0.909 bits per heavy atom. The molecule has 0 aromatic carbocycles. The molecule has 0 radical (unpaired) electrons. The minimum absolute atomic E-state index is 0.0882. The molecule has 33 heavy (non-hydrogen) atoms. The minimum atomic E-state index is -5.88. The summed E-state index contributed by atoms with van der Waals surface area (Å²) in [4.78, 5) is 11.7. The lowest BCUT2D eigenvalue weighted by atomic mass is 9.44. The van der Waals surface area contributed by atoms with Crippen LogP contribution >= 0.6 is 0 Å². The van der Waals surface area contributed by atoms with Gasteiger partial charge in [0.1, 0.15) is 0 Å². The third-order valence-corrected chi connectivity index (χ3v) is 10.7. The van der Waals surface area contributed by atoms with Crippen LogP contribution in [0.3, 0.4) is 0 Å². The van der Waals surface area contributed by atoms with Crippen LogP contribution in [0.1, 0.15) is 97.8 Å². The van der Waals surface area contributed by atoms with Gasteiger partial charge in [0.25, 0.3) is 0 Å². The van der Waals surface area contributed by atoms with E-state index in [4.69, 9.17) is 0 Å². The average molecular weight is 479 g/mol. The first-order valence-electron chi connectivity index (χ1n) is 13.0. The van der Waals surface area contributed by atoms with Gasteiger partial charge >= 0.3 is 18.3 Å². The van der Waals surface area contributed by atoms with Crippen LogP contribution in [-0.2, 0) is 9.53 Å². The van der Waals surface area contributed by atoms with Gasteiger partial charge in [-0.3, -0.25) is 4.79 Å². The molecule has 2 nitrogen and oxygen atoms in total. The lowest BCUT2D eigenvalue weighted by Crippen LogP contribution is -2.53. The van der Waals surface area contributed by atoms with Gasteiger partial charge in [0.2, 0.25) is 0 Å². The third-order valence-electron chi connectivity index (χ3n) is 10.7. The van der Waals surface area contributed by atoms with Crippen molar-refractivity contribution in [2.45, 2.75) is 110 Å². The van der Waals surface area contributed by atoms with Gasteiger partial charge in [-0.25, -0.2) is 0 Å². The maximum Gasteiger partial charge on any atom is 0.501 e. The van der Waals surface area contributed by atoms with E-state index in [0.717, 1.165) is 30.6 Å². The van der Waals surface area contributed by atoms with Crippen molar-refractivity contribution in [3.63, 3.8) is 0 Å². The second-order valence-corrected chi connectivity index (χ2v) is 12.1. The first-order valence-corrected chi connectivity index (χ1v) is 13.0. The van der Waals surface area contributed by atoms with E-state index in [1.54, 1.807) is 0 Å². The predicted molar refractivity (Wildman–Crippen MR) is 115 cm³/mol. The van der Waals surface area contributed by atoms with E-state index < -0.39 is 24.7 Å². The highest BCUT2D eigenvalue weighted by atomic mass is 19.4. The largest absolute Gasteiger partial charge is 0.501 e. The Hall–Kier alpha value is -0.880. The Morgan fingerprint density at radius 2 is 1.61 bits per heavy atom. The molecule has 1 unspecified atom stereocenters. The Kier molecular flexibility index (Phi) is 6.61. The van der Waals surface area contributed by atoms with Crippen LogP contribution in [0.4, 0.5) is 22.0 Å². The van der Waals surface area contributed by atoms with Gasteiger partial charge < -0.3 is 4.74 Å². The highest BCUT2D eigenvalue weighted by Crippen LogP contribution is 2.68. The summed E-state index contributed by atoms with van der Waals surface area (Å²) in [7, 11) is 0. The average Bonchev–Trinajstić information content (AvgIpc) is 3.07. The highest BCUT2D eigenvalue weighted by molar-refractivity contribution is 5.69. The van der Waals surface area contributed by atoms with Gasteiger partial charge in [-0.1, -0.05) is 33.6 Å². The number of esters is 1. The van der Waals surface area contributed by atoms with E-state index in [0.29, 0.717) is 17.3 Å². The van der Waals surface area contributed by atoms with Crippen molar-refractivity contribution in [2.75, 3.05) is 0 Å². The third kappa shape index (κ3) is 4.32. The van der Waals surface area contributed by atoms with Crippen LogP contribution in [-0.4, -0.2) is 18.3 Å². The Balaban J connectivity index is 1.38. The maximum atomic E-state index is 13.0. The number of carbonyl (C=O) groups is 1. The zero-order valence-corrected chi connectivity index (χ0v) is 20.2. The molecule has 4 fully saturated rings. The highest BCUT2D eigenvalue weighted by Gasteiger charge is 2.62. The zero-order chi connectivity index (χ0) is 24.2. The van der Waals surface area contributed by atoms with Crippen molar-refractivity contribution >= 4 is 5.97 Å². The van der Waals surface area contributed by atoms with Crippen LogP contribution in [0.15, 0.2) is 0 Å². The van der Waals surface area contributed by atoms with E-state index in [9.17, 15) is 26.7 Å². The fraction of sp³-hybridized carbons (Fsp3) is 0.962. The Bertz CT molecular complexity index is 737. The van der Waals surface area contributed by atoms with Gasteiger partial charge in [0.05, 0.1) is 0 Å². The molecular formula is C26H39F5O2. The molecule has 4 rings (SSSR count). The number of hydrogen-bond donors (Lipinski definition) is 0. The van der Waals surface area contributed by atoms with Crippen LogP contribution in [0, 0.1) is 46.3 Å². The first kappa shape index (κ1) is 25.2. The van der Waals surface area contributed by atoms with Gasteiger partial charge in [0.15, 0.2) is 0 Å². The van der Waals surface area contributed by atoms with Gasteiger partial charge in [-0.2, -0.15) is 22.0 Å². The number of alkyl halides is 5. The number of carbonyl (C=O) groups excluding carboxylic acids is 1. The molecule has 0 aromatic rings. The molecule has 190 valence electrons. The quantitative estimate of drug-likeness (QED) is 0.294. The van der Waals surface area contributed by atoms with Crippen molar-refractivity contribution < 1.29 is 31.5 Å². The molecule has 0 aliphatic heterocycles. The Morgan fingerprint density at radius 3 is 2.30 bits per heavy atom. The fourth-order valence-corrected chi connectivity index (χ4v) is 9.07. The molecule has 4 aliphatic carbocycles. The van der Waals surface area contributed by atoms with Crippen molar-refractivity contribution in [1.29, 1.82) is 0 Å². The minimum Gasteiger partial charge on any atom is -0.394 e. The molecule has 4 saturated carbocycles. The summed E-state index contributed by atoms with van der Waals surface area (Å²) in [6, 6.07) is 0. The van der Waals surface area contributed by atoms with Gasteiger partial charge in [0, 0.05) is 6.42 Å². The molecule has 0 heterocycles. The number of rotatable bonds is 5. The van der Waals surface area contributed by atoms with Crippen molar-refractivity contribution in [3.8, 4) is 0 Å². The van der Waals surface area contributed by atoms with Crippen LogP contribution < -0.4 is 0 Å². The maximum absolute atomic E-state index is 13.0. The van der Waals surface area contributed by atoms with E-state index in [1.807, 2.05) is 6.92 Å². The van der Waals surface area contributed by atoms with E-state index in [-0.39, 0.29) is 17.8 Å². The number of halogens is 5. The molecule has 0 spiro atoms. The molecule has 0 aromatic heterocycles. The summed E-state index contributed by atoms with van der Waals surface area (Å²) < 4.78 is 66.5. The standard InChI is InChI=1S/C26H39F5O2/c1-16(7-12-22(32)33-26(30,31)25(27,28)29)19-10-11-20-18-9-8-17-6-4-5-14-23(17,2)21(18)13-15-24(19,20)3/h16-21H,4-15H2,1-3H3/t16-,17?,18+,19-,20+,21+,23+,24-/m1/s1. The van der Waals surface area contributed by atoms with Gasteiger partial charge in [-0.05, 0) is 104 Å². The molecule has 0 amide bonds. The lowest BCUT2D eigenvalue weighted by molar-refractivity contribution is -0.376. The number of fused-ring (bicyclic) bond motifs is 5. The summed E-state index contributed by atoms with van der Waals surface area (Å²) in [5.74, 6) is 2.05. The molecule has 0 bridgehead atoms. The second kappa shape index (κ2) is 8.65. The predicted octanol–water partition coefficient (Wildman–Crippen LogP) is 8.15. The second-order valence-electron chi connectivity index (χ2n) is 12.1. The van der Waals surface area contributed by atoms with Crippen LogP contribution in [0.25, 0.3) is 0 Å².